The van der Waals surface area contributed by atoms with E-state index < -0.39 is 5.76 Å². The lowest BCUT2D eigenvalue weighted by Gasteiger charge is -2.22. The van der Waals surface area contributed by atoms with Crippen molar-refractivity contribution in [3.8, 4) is 0 Å². The standard InChI is InChI=1S/C23H23N3O5S2/c27-20(8-10-26-17-4-1-2-5-18(17)31-23(26)28)24-15-6-7-16-19(14-15)33-22(25-16)32-13-9-21-29-11-3-12-30-21/h1-2,4-7,14,21H,3,8-13H2,(H,24,27). The van der Waals surface area contributed by atoms with Crippen LogP contribution in [0.25, 0.3) is 21.3 Å². The Hall–Kier alpha value is -2.66. The normalized spacial score (nSPS) is 14.8. The number of aryl methyl sites for hydroxylation is 1. The van der Waals surface area contributed by atoms with Crippen LogP contribution in [-0.4, -0.2) is 40.7 Å². The Morgan fingerprint density at radius 2 is 2.06 bits per heavy atom. The topological polar surface area (TPSA) is 95.6 Å². The van der Waals surface area contributed by atoms with Crippen LogP contribution in [-0.2, 0) is 20.8 Å². The van der Waals surface area contributed by atoms with E-state index in [0.29, 0.717) is 16.8 Å². The molecule has 0 unspecified atom stereocenters. The van der Waals surface area contributed by atoms with Gasteiger partial charge >= 0.3 is 5.76 Å². The Morgan fingerprint density at radius 1 is 1.21 bits per heavy atom. The fourth-order valence-electron chi connectivity index (χ4n) is 3.65. The first-order valence-electron chi connectivity index (χ1n) is 10.8. The van der Waals surface area contributed by atoms with Crippen LogP contribution in [0.3, 0.4) is 0 Å². The van der Waals surface area contributed by atoms with Gasteiger partial charge in [0.25, 0.3) is 0 Å². The number of aromatic nitrogens is 2. The third-order valence-electron chi connectivity index (χ3n) is 5.26. The van der Waals surface area contributed by atoms with E-state index in [1.54, 1.807) is 41.3 Å². The van der Waals surface area contributed by atoms with Crippen molar-refractivity contribution in [2.24, 2.45) is 0 Å². The number of fused-ring (bicyclic) bond motifs is 2. The van der Waals surface area contributed by atoms with E-state index in [1.807, 2.05) is 24.3 Å². The molecule has 1 amide bonds. The summed E-state index contributed by atoms with van der Waals surface area (Å²) >= 11 is 3.29. The van der Waals surface area contributed by atoms with E-state index in [0.717, 1.165) is 46.4 Å². The fourth-order valence-corrected chi connectivity index (χ4v) is 5.79. The number of nitrogens with one attached hydrogen (secondary N) is 1. The molecule has 5 rings (SSSR count). The van der Waals surface area contributed by atoms with Crippen LogP contribution in [0.4, 0.5) is 5.69 Å². The van der Waals surface area contributed by atoms with Crippen LogP contribution in [0.2, 0.25) is 0 Å². The molecule has 33 heavy (non-hydrogen) atoms. The fraction of sp³-hybridized carbons (Fsp3) is 0.348. The van der Waals surface area contributed by atoms with Crippen molar-refractivity contribution in [2.75, 3.05) is 24.3 Å². The molecular weight excluding hydrogens is 462 g/mol. The van der Waals surface area contributed by atoms with E-state index in [4.69, 9.17) is 13.9 Å². The molecule has 0 radical (unpaired) electrons. The quantitative estimate of drug-likeness (QED) is 0.368. The van der Waals surface area contributed by atoms with Gasteiger partial charge in [-0.1, -0.05) is 23.9 Å². The summed E-state index contributed by atoms with van der Waals surface area (Å²) in [4.78, 5) is 29.2. The molecule has 0 saturated carbocycles. The molecule has 1 aliphatic rings. The number of hydrogen-bond acceptors (Lipinski definition) is 8. The summed E-state index contributed by atoms with van der Waals surface area (Å²) < 4.78 is 19.9. The summed E-state index contributed by atoms with van der Waals surface area (Å²) in [5, 5.41) is 2.91. The Balaban J connectivity index is 1.17. The largest absolute Gasteiger partial charge is 0.419 e. The average molecular weight is 486 g/mol. The number of hydrogen-bond donors (Lipinski definition) is 1. The highest BCUT2D eigenvalue weighted by atomic mass is 32.2. The summed E-state index contributed by atoms with van der Waals surface area (Å²) in [6.45, 7) is 1.78. The Kier molecular flexibility index (Phi) is 6.77. The van der Waals surface area contributed by atoms with Crippen molar-refractivity contribution in [1.82, 2.24) is 9.55 Å². The van der Waals surface area contributed by atoms with Crippen molar-refractivity contribution in [3.63, 3.8) is 0 Å². The van der Waals surface area contributed by atoms with Gasteiger partial charge in [-0.25, -0.2) is 9.78 Å². The van der Waals surface area contributed by atoms with Crippen LogP contribution in [0.5, 0.6) is 0 Å². The van der Waals surface area contributed by atoms with Gasteiger partial charge in [0.05, 0.1) is 28.9 Å². The van der Waals surface area contributed by atoms with Crippen LogP contribution in [0.1, 0.15) is 19.3 Å². The molecule has 1 aliphatic heterocycles. The third kappa shape index (κ3) is 5.30. The highest BCUT2D eigenvalue weighted by Crippen LogP contribution is 2.32. The van der Waals surface area contributed by atoms with E-state index in [2.05, 4.69) is 10.3 Å². The number of benzene rings is 2. The van der Waals surface area contributed by atoms with Crippen molar-refractivity contribution in [1.29, 1.82) is 0 Å². The van der Waals surface area contributed by atoms with E-state index in [1.165, 1.54) is 4.57 Å². The third-order valence-corrected chi connectivity index (χ3v) is 7.46. The molecule has 1 N–H and O–H groups in total. The van der Waals surface area contributed by atoms with Crippen molar-refractivity contribution in [2.45, 2.75) is 36.4 Å². The molecule has 1 saturated heterocycles. The minimum Gasteiger partial charge on any atom is -0.408 e. The maximum atomic E-state index is 12.5. The molecule has 0 bridgehead atoms. The molecule has 0 aliphatic carbocycles. The predicted octanol–water partition coefficient (Wildman–Crippen LogP) is 4.48. The van der Waals surface area contributed by atoms with Gasteiger partial charge in [-0.15, -0.1) is 11.3 Å². The first-order valence-corrected chi connectivity index (χ1v) is 12.6. The lowest BCUT2D eigenvalue weighted by Crippen LogP contribution is -2.25. The number of thiazole rings is 1. The van der Waals surface area contributed by atoms with Gasteiger partial charge < -0.3 is 19.2 Å². The number of ether oxygens (including phenoxy) is 2. The molecule has 2 aromatic carbocycles. The summed E-state index contributed by atoms with van der Waals surface area (Å²) in [6, 6.07) is 12.9. The molecular formula is C23H23N3O5S2. The monoisotopic (exact) mass is 485 g/mol. The molecule has 10 heteroatoms. The van der Waals surface area contributed by atoms with Crippen LogP contribution >= 0.6 is 23.1 Å². The number of carbonyl (C=O) groups excluding carboxylic acids is 1. The first-order chi connectivity index (χ1) is 16.2. The second kappa shape index (κ2) is 10.1. The Morgan fingerprint density at radius 3 is 2.94 bits per heavy atom. The summed E-state index contributed by atoms with van der Waals surface area (Å²) in [7, 11) is 0. The number of oxazole rings is 1. The van der Waals surface area contributed by atoms with Gasteiger partial charge in [-0.2, -0.15) is 0 Å². The molecule has 172 valence electrons. The lowest BCUT2D eigenvalue weighted by molar-refractivity contribution is -0.178. The zero-order valence-electron chi connectivity index (χ0n) is 17.8. The predicted molar refractivity (Wildman–Crippen MR) is 129 cm³/mol. The average Bonchev–Trinajstić information content (AvgIpc) is 3.37. The van der Waals surface area contributed by atoms with Crippen LogP contribution in [0.15, 0.2) is 56.0 Å². The number of rotatable bonds is 8. The number of anilines is 1. The second-order valence-electron chi connectivity index (χ2n) is 7.61. The minimum absolute atomic E-state index is 0.113. The van der Waals surface area contributed by atoms with E-state index in [-0.39, 0.29) is 25.2 Å². The highest BCUT2D eigenvalue weighted by Gasteiger charge is 2.15. The van der Waals surface area contributed by atoms with Gasteiger partial charge in [-0.3, -0.25) is 9.36 Å². The molecule has 4 aromatic rings. The minimum atomic E-state index is -0.457. The van der Waals surface area contributed by atoms with Gasteiger partial charge in [0, 0.05) is 30.8 Å². The molecule has 8 nitrogen and oxygen atoms in total. The van der Waals surface area contributed by atoms with Crippen molar-refractivity contribution >= 4 is 56.0 Å². The van der Waals surface area contributed by atoms with Gasteiger partial charge in [0.2, 0.25) is 5.91 Å². The lowest BCUT2D eigenvalue weighted by atomic mass is 10.3. The number of para-hydroxylation sites is 2. The maximum absolute atomic E-state index is 12.5. The summed E-state index contributed by atoms with van der Waals surface area (Å²) in [5.41, 5.74) is 2.82. The van der Waals surface area contributed by atoms with Crippen molar-refractivity contribution in [3.05, 3.63) is 53.0 Å². The van der Waals surface area contributed by atoms with Crippen LogP contribution < -0.4 is 11.1 Å². The Bertz CT molecular complexity index is 1320. The van der Waals surface area contributed by atoms with Crippen LogP contribution in [0, 0.1) is 0 Å². The highest BCUT2D eigenvalue weighted by molar-refractivity contribution is 8.01. The van der Waals surface area contributed by atoms with E-state index >= 15 is 0 Å². The maximum Gasteiger partial charge on any atom is 0.419 e. The van der Waals surface area contributed by atoms with E-state index in [9.17, 15) is 9.59 Å². The number of carbonyl (C=O) groups is 1. The first kappa shape index (κ1) is 22.1. The second-order valence-corrected chi connectivity index (χ2v) is 9.98. The van der Waals surface area contributed by atoms with Gasteiger partial charge in [0.1, 0.15) is 0 Å². The van der Waals surface area contributed by atoms with Crippen molar-refractivity contribution < 1.29 is 18.7 Å². The SMILES string of the molecule is O=C(CCn1c(=O)oc2ccccc21)Nc1ccc2nc(SCCC3OCCCO3)sc2c1. The molecule has 2 aromatic heterocycles. The van der Waals surface area contributed by atoms with Gasteiger partial charge in [0.15, 0.2) is 16.2 Å². The Labute approximate surface area is 197 Å². The molecule has 1 fully saturated rings. The summed E-state index contributed by atoms with van der Waals surface area (Å²) in [5.74, 6) is 0.246. The smallest absolute Gasteiger partial charge is 0.408 e. The number of amides is 1. The zero-order chi connectivity index (χ0) is 22.6. The number of nitrogens with zero attached hydrogens (tertiary/aromatic N) is 2. The molecule has 3 heterocycles. The zero-order valence-corrected chi connectivity index (χ0v) is 19.5. The summed E-state index contributed by atoms with van der Waals surface area (Å²) in [6.07, 6.45) is 1.84. The number of thioether (sulfide) groups is 1. The van der Waals surface area contributed by atoms with Gasteiger partial charge in [-0.05, 0) is 36.8 Å². The molecule has 0 spiro atoms. The molecule has 0 atom stereocenters.